The molecule has 0 aliphatic rings. The van der Waals surface area contributed by atoms with Crippen molar-refractivity contribution in [1.29, 1.82) is 0 Å². The van der Waals surface area contributed by atoms with Crippen molar-refractivity contribution in [3.8, 4) is 5.75 Å². The number of carbonyl (C=O) groups is 6. The van der Waals surface area contributed by atoms with Crippen LogP contribution in [0, 0.1) is 0 Å². The number of aliphatic hydroxyl groups is 1. The fraction of sp³-hybridized carbons (Fsp3) is 0.478. The van der Waals surface area contributed by atoms with Gasteiger partial charge in [-0.05, 0) is 37.5 Å². The molecule has 0 aliphatic heterocycles. The quantitative estimate of drug-likeness (QED) is 0.109. The van der Waals surface area contributed by atoms with Crippen molar-refractivity contribution in [1.82, 2.24) is 16.0 Å². The molecule has 10 N–H and O–H groups in total. The Bertz CT molecular complexity index is 1010. The van der Waals surface area contributed by atoms with Crippen LogP contribution in [-0.4, -0.2) is 91.4 Å². The number of benzene rings is 1. The molecular weight excluding hydrogens is 508 g/mol. The van der Waals surface area contributed by atoms with Gasteiger partial charge in [0.1, 0.15) is 17.8 Å². The highest BCUT2D eigenvalue weighted by molar-refractivity contribution is 5.94. The third kappa shape index (κ3) is 11.2. The van der Waals surface area contributed by atoms with Gasteiger partial charge in [-0.15, -0.1) is 0 Å². The Morgan fingerprint density at radius 2 is 1.29 bits per heavy atom. The van der Waals surface area contributed by atoms with Crippen LogP contribution in [0.1, 0.15) is 38.2 Å². The van der Waals surface area contributed by atoms with Crippen molar-refractivity contribution in [2.45, 2.75) is 69.3 Å². The van der Waals surface area contributed by atoms with Crippen molar-refractivity contribution in [2.24, 2.45) is 5.73 Å². The molecule has 0 heterocycles. The molecule has 3 amide bonds. The molecule has 0 fully saturated rings. The van der Waals surface area contributed by atoms with E-state index in [0.717, 1.165) is 6.92 Å². The number of amides is 3. The summed E-state index contributed by atoms with van der Waals surface area (Å²) in [6.45, 7) is 1.14. The summed E-state index contributed by atoms with van der Waals surface area (Å²) in [6.07, 6.45) is -3.34. The SMILES string of the molecule is CC(O)C(NC(=O)C(Cc1ccc(O)cc1)NC(=O)C(CCC(=O)O)NC(=O)C(N)CCC(=O)O)C(=O)O. The number of carboxylic acids is 3. The summed E-state index contributed by atoms with van der Waals surface area (Å²) in [4.78, 5) is 71.6. The van der Waals surface area contributed by atoms with E-state index in [1.54, 1.807) is 0 Å². The Balaban J connectivity index is 3.16. The first kappa shape index (κ1) is 31.8. The van der Waals surface area contributed by atoms with Gasteiger partial charge in [0.25, 0.3) is 0 Å². The maximum absolute atomic E-state index is 13.1. The summed E-state index contributed by atoms with van der Waals surface area (Å²) in [6, 6.07) is -0.449. The number of aliphatic hydroxyl groups excluding tert-OH is 1. The molecule has 0 saturated carbocycles. The van der Waals surface area contributed by atoms with Gasteiger partial charge in [0.15, 0.2) is 6.04 Å². The van der Waals surface area contributed by atoms with Crippen molar-refractivity contribution in [3.63, 3.8) is 0 Å². The summed E-state index contributed by atoms with van der Waals surface area (Å²) in [5, 5.41) is 53.0. The molecule has 38 heavy (non-hydrogen) atoms. The number of phenols is 1. The highest BCUT2D eigenvalue weighted by Gasteiger charge is 2.32. The summed E-state index contributed by atoms with van der Waals surface area (Å²) in [5.41, 5.74) is 6.10. The summed E-state index contributed by atoms with van der Waals surface area (Å²) in [5.74, 6) is -7.01. The number of rotatable bonds is 16. The molecule has 0 spiro atoms. The number of nitrogens with one attached hydrogen (secondary N) is 3. The number of aliphatic carboxylic acids is 3. The third-order valence-electron chi connectivity index (χ3n) is 5.34. The third-order valence-corrected chi connectivity index (χ3v) is 5.34. The number of carbonyl (C=O) groups excluding carboxylic acids is 3. The average molecular weight is 541 g/mol. The molecule has 0 saturated heterocycles. The van der Waals surface area contributed by atoms with Gasteiger partial charge in [-0.3, -0.25) is 24.0 Å². The molecule has 5 atom stereocenters. The molecular formula is C23H32N4O11. The van der Waals surface area contributed by atoms with Crippen molar-refractivity contribution in [2.75, 3.05) is 0 Å². The number of hydrogen-bond donors (Lipinski definition) is 9. The van der Waals surface area contributed by atoms with E-state index in [0.29, 0.717) is 5.56 Å². The lowest BCUT2D eigenvalue weighted by Crippen LogP contribution is -2.58. The van der Waals surface area contributed by atoms with Crippen molar-refractivity contribution < 1.29 is 54.3 Å². The second-order valence-corrected chi connectivity index (χ2v) is 8.53. The summed E-state index contributed by atoms with van der Waals surface area (Å²) >= 11 is 0. The molecule has 15 heteroatoms. The van der Waals surface area contributed by atoms with E-state index in [9.17, 15) is 44.1 Å². The monoisotopic (exact) mass is 540 g/mol. The zero-order valence-corrected chi connectivity index (χ0v) is 20.5. The highest BCUT2D eigenvalue weighted by atomic mass is 16.4. The molecule has 1 aromatic carbocycles. The topological polar surface area (TPSA) is 266 Å². The minimum Gasteiger partial charge on any atom is -0.508 e. The molecule has 5 unspecified atom stereocenters. The highest BCUT2D eigenvalue weighted by Crippen LogP contribution is 2.12. The van der Waals surface area contributed by atoms with Crippen LogP contribution in [0.2, 0.25) is 0 Å². The van der Waals surface area contributed by atoms with E-state index in [1.165, 1.54) is 24.3 Å². The Labute approximate surface area is 217 Å². The van der Waals surface area contributed by atoms with Gasteiger partial charge in [-0.2, -0.15) is 0 Å². The van der Waals surface area contributed by atoms with Crippen LogP contribution in [0.15, 0.2) is 24.3 Å². The normalized spacial score (nSPS) is 14.7. The Kier molecular flexibility index (Phi) is 12.6. The lowest BCUT2D eigenvalue weighted by molar-refractivity contribution is -0.145. The van der Waals surface area contributed by atoms with Gasteiger partial charge in [0, 0.05) is 19.3 Å². The van der Waals surface area contributed by atoms with Crippen LogP contribution in [-0.2, 0) is 35.2 Å². The molecule has 15 nitrogen and oxygen atoms in total. The second kappa shape index (κ2) is 15.1. The predicted octanol–water partition coefficient (Wildman–Crippen LogP) is -2.09. The van der Waals surface area contributed by atoms with Gasteiger partial charge in [-0.25, -0.2) is 4.79 Å². The van der Waals surface area contributed by atoms with Gasteiger partial charge >= 0.3 is 17.9 Å². The zero-order valence-electron chi connectivity index (χ0n) is 20.5. The van der Waals surface area contributed by atoms with E-state index in [-0.39, 0.29) is 18.6 Å². The first-order chi connectivity index (χ1) is 17.7. The lowest BCUT2D eigenvalue weighted by Gasteiger charge is -2.25. The average Bonchev–Trinajstić information content (AvgIpc) is 2.83. The van der Waals surface area contributed by atoms with Crippen LogP contribution in [0.5, 0.6) is 5.75 Å². The van der Waals surface area contributed by atoms with Crippen LogP contribution in [0.4, 0.5) is 0 Å². The van der Waals surface area contributed by atoms with Gasteiger partial charge in [0.05, 0.1) is 12.1 Å². The fourth-order valence-corrected chi connectivity index (χ4v) is 3.22. The van der Waals surface area contributed by atoms with Crippen LogP contribution in [0.25, 0.3) is 0 Å². The van der Waals surface area contributed by atoms with Crippen LogP contribution in [0.3, 0.4) is 0 Å². The van der Waals surface area contributed by atoms with Crippen molar-refractivity contribution >= 4 is 35.6 Å². The molecule has 0 aliphatic carbocycles. The largest absolute Gasteiger partial charge is 0.508 e. The molecule has 0 bridgehead atoms. The zero-order chi connectivity index (χ0) is 29.0. The Morgan fingerprint density at radius 1 is 0.789 bits per heavy atom. The second-order valence-electron chi connectivity index (χ2n) is 8.53. The summed E-state index contributed by atoms with van der Waals surface area (Å²) < 4.78 is 0. The van der Waals surface area contributed by atoms with Gasteiger partial charge in [-0.1, -0.05) is 12.1 Å². The van der Waals surface area contributed by atoms with E-state index >= 15 is 0 Å². The van der Waals surface area contributed by atoms with Crippen LogP contribution >= 0.6 is 0 Å². The summed E-state index contributed by atoms with van der Waals surface area (Å²) in [7, 11) is 0. The Morgan fingerprint density at radius 3 is 1.79 bits per heavy atom. The van der Waals surface area contributed by atoms with Gasteiger partial charge in [0.2, 0.25) is 17.7 Å². The smallest absolute Gasteiger partial charge is 0.328 e. The minimum atomic E-state index is -1.71. The van der Waals surface area contributed by atoms with Gasteiger partial charge < -0.3 is 47.2 Å². The number of phenolic OH excluding ortho intramolecular Hbond substituents is 1. The number of aromatic hydroxyl groups is 1. The molecule has 210 valence electrons. The van der Waals surface area contributed by atoms with Crippen molar-refractivity contribution in [3.05, 3.63) is 29.8 Å². The number of carboxylic acid groups (broad SMARTS) is 3. The predicted molar refractivity (Wildman–Crippen MR) is 129 cm³/mol. The van der Waals surface area contributed by atoms with Crippen LogP contribution < -0.4 is 21.7 Å². The van der Waals surface area contributed by atoms with E-state index < -0.39 is 85.2 Å². The minimum absolute atomic E-state index is 0.0745. The maximum Gasteiger partial charge on any atom is 0.328 e. The first-order valence-electron chi connectivity index (χ1n) is 11.5. The molecule has 0 radical (unpaired) electrons. The standard InChI is InChI=1S/C23H32N4O11/c1-11(28)19(23(37)38)27-22(36)16(10-12-2-4-13(29)5-3-12)26-21(35)15(7-9-18(32)33)25-20(34)14(24)6-8-17(30)31/h2-5,11,14-16,19,28-29H,6-10,24H2,1H3,(H,25,34)(H,26,35)(H,27,36)(H,30,31)(H,32,33)(H,37,38). The Hall–Kier alpha value is -4.24. The van der Waals surface area contributed by atoms with E-state index in [2.05, 4.69) is 16.0 Å². The van der Waals surface area contributed by atoms with E-state index in [4.69, 9.17) is 15.9 Å². The maximum atomic E-state index is 13.1. The molecule has 1 rings (SSSR count). The molecule has 1 aromatic rings. The molecule has 0 aromatic heterocycles. The lowest BCUT2D eigenvalue weighted by atomic mass is 10.0. The van der Waals surface area contributed by atoms with E-state index in [1.807, 2.05) is 0 Å². The number of nitrogens with two attached hydrogens (primary N) is 1. The first-order valence-corrected chi connectivity index (χ1v) is 11.5. The fourth-order valence-electron chi connectivity index (χ4n) is 3.22. The number of hydrogen-bond acceptors (Lipinski definition) is 9.